The molecule has 0 radical (unpaired) electrons. The molecule has 0 N–H and O–H groups in total. The van der Waals surface area contributed by atoms with Crippen LogP contribution in [0.3, 0.4) is 0 Å². The molecule has 33 heavy (non-hydrogen) atoms. The van der Waals surface area contributed by atoms with Crippen molar-refractivity contribution in [1.82, 2.24) is 14.5 Å². The number of carbonyl (C=O) groups is 1. The number of benzene rings is 2. The van der Waals surface area contributed by atoms with Crippen molar-refractivity contribution < 1.29 is 9.18 Å². The third kappa shape index (κ3) is 4.81. The maximum Gasteiger partial charge on any atom is 0.266 e. The standard InChI is InChI=1S/C26H29ClFN3O2/c1-3-23(30(2)24(32)15-12-17-8-4-5-9-17)25-29-22-11-7-6-10-19(22)26(33)31(25)18-13-14-21(28)20(27)16-18/h6-7,10-11,13-14,16-17,23H,3-5,8-9,12,15H2,1-2H3. The monoisotopic (exact) mass is 469 g/mol. The molecule has 2 aromatic carbocycles. The zero-order valence-corrected chi connectivity index (χ0v) is 19.8. The van der Waals surface area contributed by atoms with Gasteiger partial charge in [0.05, 0.1) is 27.7 Å². The first-order valence-corrected chi connectivity index (χ1v) is 12.0. The fourth-order valence-corrected chi connectivity index (χ4v) is 5.03. The van der Waals surface area contributed by atoms with Gasteiger partial charge in [-0.1, -0.05) is 56.3 Å². The molecule has 1 atom stereocenters. The van der Waals surface area contributed by atoms with Crippen LogP contribution in [-0.4, -0.2) is 27.4 Å². The second-order valence-electron chi connectivity index (χ2n) is 8.84. The van der Waals surface area contributed by atoms with Crippen LogP contribution in [0.5, 0.6) is 0 Å². The van der Waals surface area contributed by atoms with Crippen LogP contribution in [0, 0.1) is 11.7 Å². The summed E-state index contributed by atoms with van der Waals surface area (Å²) < 4.78 is 15.3. The number of hydrogen-bond acceptors (Lipinski definition) is 3. The van der Waals surface area contributed by atoms with Crippen LogP contribution in [0.2, 0.25) is 5.02 Å². The molecule has 1 amide bonds. The molecule has 174 valence electrons. The van der Waals surface area contributed by atoms with Crippen LogP contribution >= 0.6 is 11.6 Å². The summed E-state index contributed by atoms with van der Waals surface area (Å²) in [5, 5.41) is 0.374. The summed E-state index contributed by atoms with van der Waals surface area (Å²) in [4.78, 5) is 33.2. The molecule has 1 heterocycles. The first-order chi connectivity index (χ1) is 15.9. The first-order valence-electron chi connectivity index (χ1n) is 11.6. The highest BCUT2D eigenvalue weighted by molar-refractivity contribution is 6.30. The minimum Gasteiger partial charge on any atom is -0.336 e. The molecule has 0 aliphatic heterocycles. The highest BCUT2D eigenvalue weighted by atomic mass is 35.5. The Hall–Kier alpha value is -2.73. The van der Waals surface area contributed by atoms with Crippen LogP contribution in [0.25, 0.3) is 16.6 Å². The van der Waals surface area contributed by atoms with Gasteiger partial charge in [0.2, 0.25) is 5.91 Å². The predicted molar refractivity (Wildman–Crippen MR) is 129 cm³/mol. The van der Waals surface area contributed by atoms with Crippen LogP contribution in [-0.2, 0) is 4.79 Å². The number of amides is 1. The summed E-state index contributed by atoms with van der Waals surface area (Å²) >= 11 is 6.04. The van der Waals surface area contributed by atoms with Crippen molar-refractivity contribution in [3.63, 3.8) is 0 Å². The zero-order valence-electron chi connectivity index (χ0n) is 19.1. The minimum absolute atomic E-state index is 0.0415. The lowest BCUT2D eigenvalue weighted by molar-refractivity contribution is -0.132. The van der Waals surface area contributed by atoms with Gasteiger partial charge in [0.15, 0.2) is 0 Å². The van der Waals surface area contributed by atoms with Gasteiger partial charge >= 0.3 is 0 Å². The summed E-state index contributed by atoms with van der Waals surface area (Å²) in [6, 6.07) is 10.9. The Bertz CT molecular complexity index is 1220. The zero-order chi connectivity index (χ0) is 23.5. The van der Waals surface area contributed by atoms with Gasteiger partial charge in [-0.05, 0) is 49.1 Å². The van der Waals surface area contributed by atoms with Crippen molar-refractivity contribution >= 4 is 28.4 Å². The van der Waals surface area contributed by atoms with Crippen molar-refractivity contribution in [2.45, 2.75) is 57.9 Å². The van der Waals surface area contributed by atoms with E-state index in [1.54, 1.807) is 30.1 Å². The van der Waals surface area contributed by atoms with Gasteiger partial charge in [-0.15, -0.1) is 0 Å². The number of fused-ring (bicyclic) bond motifs is 1. The molecule has 1 aromatic heterocycles. The fraction of sp³-hybridized carbons (Fsp3) is 0.423. The number of aromatic nitrogens is 2. The molecular formula is C26H29ClFN3O2. The number of para-hydroxylation sites is 1. The smallest absolute Gasteiger partial charge is 0.266 e. The Morgan fingerprint density at radius 3 is 2.67 bits per heavy atom. The molecule has 7 heteroatoms. The molecule has 0 spiro atoms. The van der Waals surface area contributed by atoms with E-state index >= 15 is 0 Å². The van der Waals surface area contributed by atoms with E-state index in [1.165, 1.54) is 48.4 Å². The van der Waals surface area contributed by atoms with E-state index in [1.807, 2.05) is 13.0 Å². The van der Waals surface area contributed by atoms with Gasteiger partial charge in [0, 0.05) is 13.5 Å². The van der Waals surface area contributed by atoms with Gasteiger partial charge in [0.1, 0.15) is 11.6 Å². The largest absolute Gasteiger partial charge is 0.336 e. The van der Waals surface area contributed by atoms with Crippen molar-refractivity contribution in [1.29, 1.82) is 0 Å². The van der Waals surface area contributed by atoms with E-state index in [0.717, 1.165) is 6.42 Å². The van der Waals surface area contributed by atoms with E-state index < -0.39 is 11.9 Å². The van der Waals surface area contributed by atoms with E-state index in [-0.39, 0.29) is 16.5 Å². The van der Waals surface area contributed by atoms with E-state index in [0.29, 0.717) is 41.2 Å². The van der Waals surface area contributed by atoms with Crippen molar-refractivity contribution in [2.24, 2.45) is 5.92 Å². The molecule has 1 fully saturated rings. The first kappa shape index (κ1) is 23.4. The molecule has 5 nitrogen and oxygen atoms in total. The number of rotatable bonds is 7. The SMILES string of the molecule is CCC(c1nc2ccccc2c(=O)n1-c1ccc(F)c(Cl)c1)N(C)C(=O)CCC1CCCC1. The normalized spacial score (nSPS) is 15.2. The van der Waals surface area contributed by atoms with Crippen LogP contribution < -0.4 is 5.56 Å². The summed E-state index contributed by atoms with van der Waals surface area (Å²) in [5.41, 5.74) is 0.709. The lowest BCUT2D eigenvalue weighted by Crippen LogP contribution is -2.36. The number of carbonyl (C=O) groups excluding carboxylic acids is 1. The molecule has 3 aromatic rings. The Balaban J connectivity index is 1.77. The van der Waals surface area contributed by atoms with Gasteiger partial charge in [0.25, 0.3) is 5.56 Å². The molecule has 1 aliphatic rings. The van der Waals surface area contributed by atoms with E-state index in [2.05, 4.69) is 0 Å². The number of hydrogen-bond donors (Lipinski definition) is 0. The maximum absolute atomic E-state index is 13.9. The topological polar surface area (TPSA) is 55.2 Å². The molecule has 1 saturated carbocycles. The second-order valence-corrected chi connectivity index (χ2v) is 9.25. The lowest BCUT2D eigenvalue weighted by atomic mass is 10.0. The Morgan fingerprint density at radius 2 is 1.97 bits per heavy atom. The van der Waals surface area contributed by atoms with Crippen molar-refractivity contribution in [3.05, 3.63) is 69.5 Å². The average molecular weight is 470 g/mol. The maximum atomic E-state index is 13.9. The van der Waals surface area contributed by atoms with Crippen molar-refractivity contribution in [3.8, 4) is 5.69 Å². The Morgan fingerprint density at radius 1 is 1.24 bits per heavy atom. The van der Waals surface area contributed by atoms with Crippen molar-refractivity contribution in [2.75, 3.05) is 7.05 Å². The lowest BCUT2D eigenvalue weighted by Gasteiger charge is -2.29. The number of nitrogens with zero attached hydrogens (tertiary/aromatic N) is 3. The summed E-state index contributed by atoms with van der Waals surface area (Å²) in [5.74, 6) is 0.552. The average Bonchev–Trinajstić information content (AvgIpc) is 3.34. The van der Waals surface area contributed by atoms with Gasteiger partial charge in [-0.2, -0.15) is 0 Å². The second kappa shape index (κ2) is 10.0. The van der Waals surface area contributed by atoms with Crippen LogP contribution in [0.4, 0.5) is 4.39 Å². The Kier molecular flexibility index (Phi) is 7.13. The molecule has 0 saturated heterocycles. The van der Waals surface area contributed by atoms with Gasteiger partial charge in [-0.25, -0.2) is 9.37 Å². The third-order valence-electron chi connectivity index (χ3n) is 6.75. The van der Waals surface area contributed by atoms with E-state index in [4.69, 9.17) is 16.6 Å². The predicted octanol–water partition coefficient (Wildman–Crippen LogP) is 6.06. The molecule has 1 aliphatic carbocycles. The summed E-state index contributed by atoms with van der Waals surface area (Å²) in [7, 11) is 1.77. The van der Waals surface area contributed by atoms with Crippen LogP contribution in [0.15, 0.2) is 47.3 Å². The molecular weight excluding hydrogens is 441 g/mol. The quantitative estimate of drug-likeness (QED) is 0.422. The highest BCUT2D eigenvalue weighted by Gasteiger charge is 2.27. The van der Waals surface area contributed by atoms with Crippen LogP contribution in [0.1, 0.15) is 63.7 Å². The molecule has 4 rings (SSSR count). The fourth-order valence-electron chi connectivity index (χ4n) is 4.85. The van der Waals surface area contributed by atoms with E-state index in [9.17, 15) is 14.0 Å². The third-order valence-corrected chi connectivity index (χ3v) is 7.04. The summed E-state index contributed by atoms with van der Waals surface area (Å²) in [6.45, 7) is 1.97. The summed E-state index contributed by atoms with van der Waals surface area (Å²) in [6.07, 6.45) is 6.85. The highest BCUT2D eigenvalue weighted by Crippen LogP contribution is 2.30. The molecule has 1 unspecified atom stereocenters. The van der Waals surface area contributed by atoms with Gasteiger partial charge in [-0.3, -0.25) is 14.2 Å². The molecule has 0 bridgehead atoms. The van der Waals surface area contributed by atoms with Gasteiger partial charge < -0.3 is 4.90 Å². The minimum atomic E-state index is -0.560. The number of halogens is 2. The Labute approximate surface area is 198 Å².